The fourth-order valence-electron chi connectivity index (χ4n) is 2.36. The lowest BCUT2D eigenvalue weighted by Gasteiger charge is -2.09. The maximum atomic E-state index is 12.2. The lowest BCUT2D eigenvalue weighted by Crippen LogP contribution is -2.18. The zero-order valence-electron chi connectivity index (χ0n) is 14.9. The van der Waals surface area contributed by atoms with E-state index in [0.29, 0.717) is 5.00 Å². The molecule has 0 saturated heterocycles. The molecule has 1 aromatic heterocycles. The standard InChI is InChI=1S/C19H21NO5S/c1-4-25-19(23)14-10-15(12(2)13-8-6-5-7-9-13)26-18(14)20-16(21)11-17(22)24-3/h5-10,12H,4,11H2,1-3H3,(H,20,21)/t12-/m0/s1. The molecule has 6 nitrogen and oxygen atoms in total. The summed E-state index contributed by atoms with van der Waals surface area (Å²) in [4.78, 5) is 36.4. The summed E-state index contributed by atoms with van der Waals surface area (Å²) < 4.78 is 9.56. The van der Waals surface area contributed by atoms with Crippen molar-refractivity contribution < 1.29 is 23.9 Å². The van der Waals surface area contributed by atoms with Crippen molar-refractivity contribution in [1.29, 1.82) is 0 Å². The summed E-state index contributed by atoms with van der Waals surface area (Å²) >= 11 is 1.29. The highest BCUT2D eigenvalue weighted by Gasteiger charge is 2.22. The van der Waals surface area contributed by atoms with Crippen LogP contribution >= 0.6 is 11.3 Å². The normalized spacial score (nSPS) is 11.5. The van der Waals surface area contributed by atoms with E-state index in [1.165, 1.54) is 18.4 Å². The molecule has 0 fully saturated rings. The highest BCUT2D eigenvalue weighted by atomic mass is 32.1. The summed E-state index contributed by atoms with van der Waals surface area (Å²) in [6, 6.07) is 11.6. The Labute approximate surface area is 156 Å². The smallest absolute Gasteiger partial charge is 0.341 e. The summed E-state index contributed by atoms with van der Waals surface area (Å²) in [5.41, 5.74) is 1.38. The van der Waals surface area contributed by atoms with Gasteiger partial charge in [-0.05, 0) is 18.6 Å². The number of methoxy groups -OCH3 is 1. The number of hydrogen-bond acceptors (Lipinski definition) is 6. The Morgan fingerprint density at radius 3 is 2.50 bits per heavy atom. The number of anilines is 1. The number of esters is 2. The molecule has 0 aliphatic heterocycles. The van der Waals surface area contributed by atoms with Gasteiger partial charge in [-0.25, -0.2) is 4.79 Å². The third-order valence-electron chi connectivity index (χ3n) is 3.76. The Balaban J connectivity index is 2.30. The van der Waals surface area contributed by atoms with Gasteiger partial charge in [-0.3, -0.25) is 9.59 Å². The van der Waals surface area contributed by atoms with Crippen molar-refractivity contribution in [2.24, 2.45) is 0 Å². The van der Waals surface area contributed by atoms with Crippen LogP contribution in [-0.2, 0) is 19.1 Å². The minimum Gasteiger partial charge on any atom is -0.469 e. The molecule has 7 heteroatoms. The first kappa shape index (κ1) is 19.7. The molecular weight excluding hydrogens is 354 g/mol. The molecule has 1 atom stereocenters. The summed E-state index contributed by atoms with van der Waals surface area (Å²) in [5.74, 6) is -1.65. The Morgan fingerprint density at radius 1 is 1.19 bits per heavy atom. The highest BCUT2D eigenvalue weighted by Crippen LogP contribution is 2.36. The molecule has 1 N–H and O–H groups in total. The minimum absolute atomic E-state index is 0.0423. The van der Waals surface area contributed by atoms with Gasteiger partial charge < -0.3 is 14.8 Å². The van der Waals surface area contributed by atoms with Gasteiger partial charge in [0.15, 0.2) is 0 Å². The molecule has 1 heterocycles. The zero-order chi connectivity index (χ0) is 19.1. The minimum atomic E-state index is -0.644. The Morgan fingerprint density at radius 2 is 1.88 bits per heavy atom. The van der Waals surface area contributed by atoms with Gasteiger partial charge in [0, 0.05) is 10.8 Å². The Hall–Kier alpha value is -2.67. The summed E-state index contributed by atoms with van der Waals surface area (Å²) in [7, 11) is 1.21. The van der Waals surface area contributed by atoms with Crippen molar-refractivity contribution in [3.8, 4) is 0 Å². The quantitative estimate of drug-likeness (QED) is 0.591. The molecule has 0 aliphatic carbocycles. The fraction of sp³-hybridized carbons (Fsp3) is 0.316. The lowest BCUT2D eigenvalue weighted by molar-refractivity contribution is -0.142. The molecule has 2 aromatic rings. The molecule has 1 amide bonds. The van der Waals surface area contributed by atoms with Crippen molar-refractivity contribution >= 4 is 34.2 Å². The van der Waals surface area contributed by atoms with Gasteiger partial charge in [0.1, 0.15) is 11.4 Å². The van der Waals surface area contributed by atoms with Crippen molar-refractivity contribution in [3.63, 3.8) is 0 Å². The molecule has 26 heavy (non-hydrogen) atoms. The van der Waals surface area contributed by atoms with Crippen LogP contribution in [0.3, 0.4) is 0 Å². The van der Waals surface area contributed by atoms with E-state index < -0.39 is 24.3 Å². The van der Waals surface area contributed by atoms with Crippen molar-refractivity contribution in [1.82, 2.24) is 0 Å². The maximum Gasteiger partial charge on any atom is 0.341 e. The van der Waals surface area contributed by atoms with E-state index >= 15 is 0 Å². The third-order valence-corrected chi connectivity index (χ3v) is 4.99. The number of rotatable bonds is 7. The number of amides is 1. The van der Waals surface area contributed by atoms with E-state index in [-0.39, 0.29) is 18.1 Å². The van der Waals surface area contributed by atoms with E-state index in [1.54, 1.807) is 13.0 Å². The van der Waals surface area contributed by atoms with Crippen molar-refractivity contribution in [2.45, 2.75) is 26.2 Å². The van der Waals surface area contributed by atoms with Crippen LogP contribution in [0.4, 0.5) is 5.00 Å². The van der Waals surface area contributed by atoms with Gasteiger partial charge in [-0.2, -0.15) is 0 Å². The summed E-state index contributed by atoms with van der Waals surface area (Å²) in [5, 5.41) is 2.99. The number of ether oxygens (including phenoxy) is 2. The number of benzene rings is 1. The molecule has 0 radical (unpaired) electrons. The first-order valence-electron chi connectivity index (χ1n) is 8.18. The van der Waals surface area contributed by atoms with E-state index in [2.05, 4.69) is 10.1 Å². The van der Waals surface area contributed by atoms with Gasteiger partial charge in [0.25, 0.3) is 0 Å². The fourth-order valence-corrected chi connectivity index (χ4v) is 3.50. The number of nitrogens with one attached hydrogen (secondary N) is 1. The average molecular weight is 375 g/mol. The second-order valence-corrected chi connectivity index (χ2v) is 6.63. The number of carbonyl (C=O) groups is 3. The molecular formula is C19H21NO5S. The zero-order valence-corrected chi connectivity index (χ0v) is 15.7. The third kappa shape index (κ3) is 4.92. The monoisotopic (exact) mass is 375 g/mol. The van der Waals surface area contributed by atoms with Crippen LogP contribution in [0.5, 0.6) is 0 Å². The van der Waals surface area contributed by atoms with Gasteiger partial charge in [0.05, 0.1) is 19.3 Å². The molecule has 0 saturated carbocycles. The van der Waals surface area contributed by atoms with Crippen molar-refractivity contribution in [3.05, 3.63) is 52.4 Å². The Bertz CT molecular complexity index is 784. The molecule has 0 spiro atoms. The van der Waals surface area contributed by atoms with E-state index in [9.17, 15) is 14.4 Å². The topological polar surface area (TPSA) is 81.7 Å². The first-order valence-corrected chi connectivity index (χ1v) is 9.00. The largest absolute Gasteiger partial charge is 0.469 e. The van der Waals surface area contributed by atoms with Crippen LogP contribution in [0.2, 0.25) is 0 Å². The summed E-state index contributed by atoms with van der Waals surface area (Å²) in [6.45, 7) is 3.97. The predicted octanol–water partition coefficient (Wildman–Crippen LogP) is 3.58. The Kier molecular flexibility index (Phi) is 6.91. The SMILES string of the molecule is CCOC(=O)c1cc([C@@H](C)c2ccccc2)sc1NC(=O)CC(=O)OC. The second-order valence-electron chi connectivity index (χ2n) is 5.55. The van der Waals surface area contributed by atoms with E-state index in [0.717, 1.165) is 10.4 Å². The second kappa shape index (κ2) is 9.15. The van der Waals surface area contributed by atoms with Gasteiger partial charge in [0.2, 0.25) is 5.91 Å². The molecule has 2 rings (SSSR count). The number of carbonyl (C=O) groups excluding carboxylic acids is 3. The van der Waals surface area contributed by atoms with Crippen LogP contribution in [0.25, 0.3) is 0 Å². The van der Waals surface area contributed by atoms with Gasteiger partial charge in [-0.1, -0.05) is 37.3 Å². The van der Waals surface area contributed by atoms with Gasteiger partial charge in [-0.15, -0.1) is 11.3 Å². The van der Waals surface area contributed by atoms with E-state index in [1.807, 2.05) is 37.3 Å². The molecule has 138 valence electrons. The van der Waals surface area contributed by atoms with Crippen LogP contribution in [-0.4, -0.2) is 31.6 Å². The number of thiophene rings is 1. The van der Waals surface area contributed by atoms with Crippen molar-refractivity contribution in [2.75, 3.05) is 19.0 Å². The van der Waals surface area contributed by atoms with Crippen LogP contribution in [0.1, 0.15) is 47.0 Å². The summed E-state index contributed by atoms with van der Waals surface area (Å²) in [6.07, 6.45) is -0.416. The molecule has 0 unspecified atom stereocenters. The molecule has 0 aliphatic rings. The van der Waals surface area contributed by atoms with Crippen LogP contribution in [0, 0.1) is 0 Å². The lowest BCUT2D eigenvalue weighted by atomic mass is 9.99. The molecule has 1 aromatic carbocycles. The van der Waals surface area contributed by atoms with Crippen LogP contribution < -0.4 is 5.32 Å². The van der Waals surface area contributed by atoms with E-state index in [4.69, 9.17) is 4.74 Å². The average Bonchev–Trinajstić information content (AvgIpc) is 3.05. The molecule has 0 bridgehead atoms. The van der Waals surface area contributed by atoms with Gasteiger partial charge >= 0.3 is 11.9 Å². The number of hydrogen-bond donors (Lipinski definition) is 1. The maximum absolute atomic E-state index is 12.2. The van der Waals surface area contributed by atoms with Crippen LogP contribution in [0.15, 0.2) is 36.4 Å². The highest BCUT2D eigenvalue weighted by molar-refractivity contribution is 7.16. The first-order chi connectivity index (χ1) is 12.5. The predicted molar refractivity (Wildman–Crippen MR) is 99.5 cm³/mol.